The molecule has 124 valence electrons. The van der Waals surface area contributed by atoms with E-state index in [2.05, 4.69) is 5.32 Å². The SMILES string of the molecule is NC(CCCCN[C@@H]1[C@@H](O)[C@H](O)[C@@H](CO)O[C@H]1O)C(=O)O. The summed E-state index contributed by atoms with van der Waals surface area (Å²) >= 11 is 0. The Kier molecular flexibility index (Phi) is 7.46. The van der Waals surface area contributed by atoms with Crippen molar-refractivity contribution in [3.8, 4) is 0 Å². The number of ether oxygens (including phenoxy) is 1. The molecule has 9 heteroatoms. The summed E-state index contributed by atoms with van der Waals surface area (Å²) in [6.07, 6.45) is -3.44. The zero-order valence-electron chi connectivity index (χ0n) is 11.6. The number of nitrogens with one attached hydrogen (secondary N) is 1. The molecule has 6 atom stereocenters. The fraction of sp³-hybridized carbons (Fsp3) is 0.917. The minimum atomic E-state index is -1.35. The lowest BCUT2D eigenvalue weighted by Gasteiger charge is -2.40. The van der Waals surface area contributed by atoms with E-state index >= 15 is 0 Å². The van der Waals surface area contributed by atoms with Crippen LogP contribution >= 0.6 is 0 Å². The molecule has 1 unspecified atom stereocenters. The summed E-state index contributed by atoms with van der Waals surface area (Å²) in [5.74, 6) is -1.05. The van der Waals surface area contributed by atoms with E-state index < -0.39 is 49.3 Å². The smallest absolute Gasteiger partial charge is 0.320 e. The average molecular weight is 308 g/mol. The molecule has 0 radical (unpaired) electrons. The number of hydrogen-bond acceptors (Lipinski definition) is 8. The molecule has 1 aliphatic heterocycles. The summed E-state index contributed by atoms with van der Waals surface area (Å²) in [5.41, 5.74) is 5.36. The van der Waals surface area contributed by atoms with Crippen molar-refractivity contribution in [2.24, 2.45) is 5.73 Å². The molecule has 0 aromatic heterocycles. The van der Waals surface area contributed by atoms with Crippen molar-refractivity contribution in [2.75, 3.05) is 13.2 Å². The van der Waals surface area contributed by atoms with Crippen molar-refractivity contribution >= 4 is 5.97 Å². The molecule has 1 fully saturated rings. The van der Waals surface area contributed by atoms with E-state index in [0.717, 1.165) is 0 Å². The molecule has 1 aliphatic rings. The second-order valence-electron chi connectivity index (χ2n) is 5.15. The highest BCUT2D eigenvalue weighted by molar-refractivity contribution is 5.72. The molecule has 0 amide bonds. The van der Waals surface area contributed by atoms with Crippen molar-refractivity contribution in [3.05, 3.63) is 0 Å². The summed E-state index contributed by atoms with van der Waals surface area (Å²) in [6, 6.07) is -1.78. The Morgan fingerprint density at radius 3 is 2.48 bits per heavy atom. The molecule has 0 bridgehead atoms. The van der Waals surface area contributed by atoms with Crippen LogP contribution in [0.2, 0.25) is 0 Å². The number of hydrogen-bond donors (Lipinski definition) is 7. The van der Waals surface area contributed by atoms with Gasteiger partial charge >= 0.3 is 5.97 Å². The molecule has 21 heavy (non-hydrogen) atoms. The van der Waals surface area contributed by atoms with E-state index in [0.29, 0.717) is 25.8 Å². The van der Waals surface area contributed by atoms with E-state index in [1.807, 2.05) is 0 Å². The van der Waals surface area contributed by atoms with Gasteiger partial charge in [0.05, 0.1) is 12.6 Å². The van der Waals surface area contributed by atoms with Crippen molar-refractivity contribution in [1.29, 1.82) is 0 Å². The van der Waals surface area contributed by atoms with Crippen LogP contribution in [0.3, 0.4) is 0 Å². The van der Waals surface area contributed by atoms with Crippen molar-refractivity contribution in [3.63, 3.8) is 0 Å². The third-order valence-corrected chi connectivity index (χ3v) is 3.54. The number of carboxylic acids is 1. The molecule has 0 spiro atoms. The minimum absolute atomic E-state index is 0.332. The van der Waals surface area contributed by atoms with Crippen LogP contribution in [0, 0.1) is 0 Å². The molecule has 1 saturated heterocycles. The van der Waals surface area contributed by atoms with Crippen LogP contribution in [0.1, 0.15) is 19.3 Å². The number of carbonyl (C=O) groups is 1. The Hall–Kier alpha value is -0.810. The highest BCUT2D eigenvalue weighted by Gasteiger charge is 2.43. The van der Waals surface area contributed by atoms with Crippen LogP contribution in [0.5, 0.6) is 0 Å². The summed E-state index contributed by atoms with van der Waals surface area (Å²) in [7, 11) is 0. The first kappa shape index (κ1) is 18.2. The third kappa shape index (κ3) is 5.15. The quantitative estimate of drug-likeness (QED) is 0.231. The minimum Gasteiger partial charge on any atom is -0.480 e. The summed E-state index contributed by atoms with van der Waals surface area (Å²) in [5, 5.41) is 49.7. The molecule has 1 rings (SSSR count). The molecule has 0 aromatic rings. The second-order valence-corrected chi connectivity index (χ2v) is 5.15. The highest BCUT2D eigenvalue weighted by Crippen LogP contribution is 2.19. The lowest BCUT2D eigenvalue weighted by atomic mass is 9.97. The average Bonchev–Trinajstić information content (AvgIpc) is 2.45. The Labute approximate surface area is 122 Å². The van der Waals surface area contributed by atoms with E-state index in [-0.39, 0.29) is 0 Å². The molecule has 0 aliphatic carbocycles. The van der Waals surface area contributed by atoms with Gasteiger partial charge in [0.1, 0.15) is 24.4 Å². The number of carboxylic acid groups (broad SMARTS) is 1. The lowest BCUT2D eigenvalue weighted by molar-refractivity contribution is -0.254. The third-order valence-electron chi connectivity index (χ3n) is 3.54. The maximum atomic E-state index is 10.5. The topological polar surface area (TPSA) is 166 Å². The van der Waals surface area contributed by atoms with E-state index in [9.17, 15) is 20.1 Å². The van der Waals surface area contributed by atoms with E-state index in [4.69, 9.17) is 20.7 Å². The predicted molar refractivity (Wildman–Crippen MR) is 71.2 cm³/mol. The number of aliphatic hydroxyl groups excluding tert-OH is 4. The standard InChI is InChI=1S/C12H24N2O7/c13-6(11(18)19)3-1-2-4-14-8-10(17)9(16)7(5-15)21-12(8)20/h6-10,12,14-17,20H,1-5,13H2,(H,18,19)/t6?,7-,8-,9-,10-,12-/m1/s1. The van der Waals surface area contributed by atoms with E-state index in [1.165, 1.54) is 0 Å². The monoisotopic (exact) mass is 308 g/mol. The molecular weight excluding hydrogens is 284 g/mol. The van der Waals surface area contributed by atoms with E-state index in [1.54, 1.807) is 0 Å². The van der Waals surface area contributed by atoms with Crippen LogP contribution in [-0.2, 0) is 9.53 Å². The lowest BCUT2D eigenvalue weighted by Crippen LogP contribution is -2.63. The fourth-order valence-electron chi connectivity index (χ4n) is 2.20. The van der Waals surface area contributed by atoms with Gasteiger partial charge in [0.25, 0.3) is 0 Å². The van der Waals surface area contributed by atoms with Gasteiger partial charge in [-0.3, -0.25) is 4.79 Å². The summed E-state index contributed by atoms with van der Waals surface area (Å²) in [4.78, 5) is 10.5. The molecule has 9 nitrogen and oxygen atoms in total. The van der Waals surface area contributed by atoms with Gasteiger partial charge in [0, 0.05) is 0 Å². The zero-order chi connectivity index (χ0) is 16.0. The van der Waals surface area contributed by atoms with Crippen LogP contribution < -0.4 is 11.1 Å². The normalized spacial score (nSPS) is 34.6. The molecule has 1 heterocycles. The van der Waals surface area contributed by atoms with Crippen LogP contribution in [0.4, 0.5) is 0 Å². The summed E-state index contributed by atoms with van der Waals surface area (Å²) in [6.45, 7) is -0.111. The Balaban J connectivity index is 2.29. The number of rotatable bonds is 8. The predicted octanol–water partition coefficient (Wildman–Crippen LogP) is -3.04. The van der Waals surface area contributed by atoms with Gasteiger partial charge in [-0.25, -0.2) is 0 Å². The molecular formula is C12H24N2O7. The van der Waals surface area contributed by atoms with Gasteiger partial charge in [0.15, 0.2) is 6.29 Å². The van der Waals surface area contributed by atoms with Crippen molar-refractivity contribution in [1.82, 2.24) is 5.32 Å². The number of unbranched alkanes of at least 4 members (excludes halogenated alkanes) is 1. The first-order valence-electron chi connectivity index (χ1n) is 6.90. The summed E-state index contributed by atoms with van der Waals surface area (Å²) < 4.78 is 4.99. The zero-order valence-corrected chi connectivity index (χ0v) is 11.6. The van der Waals surface area contributed by atoms with Crippen LogP contribution in [0.15, 0.2) is 0 Å². The fourth-order valence-corrected chi connectivity index (χ4v) is 2.20. The van der Waals surface area contributed by atoms with Gasteiger partial charge in [0.2, 0.25) is 0 Å². The molecule has 0 aromatic carbocycles. The Morgan fingerprint density at radius 1 is 1.24 bits per heavy atom. The Bertz CT molecular complexity index is 331. The Morgan fingerprint density at radius 2 is 1.90 bits per heavy atom. The van der Waals surface area contributed by atoms with Gasteiger partial charge in [-0.2, -0.15) is 0 Å². The maximum absolute atomic E-state index is 10.5. The number of aliphatic hydroxyl groups is 4. The first-order chi connectivity index (χ1) is 9.88. The van der Waals surface area contributed by atoms with Gasteiger partial charge in [-0.1, -0.05) is 6.42 Å². The van der Waals surface area contributed by atoms with Gasteiger partial charge in [-0.15, -0.1) is 0 Å². The molecule has 8 N–H and O–H groups in total. The van der Waals surface area contributed by atoms with Crippen molar-refractivity contribution in [2.45, 2.75) is 55.9 Å². The number of aliphatic carboxylic acids is 1. The highest BCUT2D eigenvalue weighted by atomic mass is 16.6. The molecule has 0 saturated carbocycles. The largest absolute Gasteiger partial charge is 0.480 e. The maximum Gasteiger partial charge on any atom is 0.320 e. The van der Waals surface area contributed by atoms with Crippen molar-refractivity contribution < 1.29 is 35.1 Å². The van der Waals surface area contributed by atoms with Crippen LogP contribution in [0.25, 0.3) is 0 Å². The van der Waals surface area contributed by atoms with Crippen LogP contribution in [-0.4, -0.2) is 81.3 Å². The second kappa shape index (κ2) is 8.59. The van der Waals surface area contributed by atoms with Gasteiger partial charge in [-0.05, 0) is 19.4 Å². The number of nitrogens with two attached hydrogens (primary N) is 1. The first-order valence-corrected chi connectivity index (χ1v) is 6.90. The van der Waals surface area contributed by atoms with Gasteiger partial charge < -0.3 is 41.3 Å².